The van der Waals surface area contributed by atoms with Gasteiger partial charge in [0.1, 0.15) is 0 Å². The van der Waals surface area contributed by atoms with E-state index < -0.39 is 0 Å². The van der Waals surface area contributed by atoms with Gasteiger partial charge in [0.25, 0.3) is 0 Å². The molecule has 0 saturated carbocycles. The third kappa shape index (κ3) is 3.19. The molecule has 1 unspecified atom stereocenters. The van der Waals surface area contributed by atoms with E-state index in [1.807, 2.05) is 13.0 Å². The van der Waals surface area contributed by atoms with Gasteiger partial charge in [-0.3, -0.25) is 9.69 Å². The Hall–Kier alpha value is -0.710. The maximum atomic E-state index is 12.3. The number of carbonyl (C=O) groups excluding carboxylic acids is 1. The quantitative estimate of drug-likeness (QED) is 0.786. The Morgan fingerprint density at radius 1 is 1.56 bits per heavy atom. The molecular formula is C14H21NO2S. The zero-order valence-electron chi connectivity index (χ0n) is 11.4. The molecule has 100 valence electrons. The van der Waals surface area contributed by atoms with Gasteiger partial charge in [-0.1, -0.05) is 0 Å². The van der Waals surface area contributed by atoms with Crippen LogP contribution in [0, 0.1) is 13.8 Å². The number of thiophene rings is 1. The second kappa shape index (κ2) is 5.95. The Bertz CT molecular complexity index is 427. The summed E-state index contributed by atoms with van der Waals surface area (Å²) in [5, 5.41) is 0. The lowest BCUT2D eigenvalue weighted by molar-refractivity contribution is 0.0314. The molecule has 4 heteroatoms. The number of piperidine rings is 1. The molecule has 0 aliphatic carbocycles. The lowest BCUT2D eigenvalue weighted by atomic mass is 10.1. The molecule has 2 heterocycles. The Balaban J connectivity index is 1.97. The second-order valence-electron chi connectivity index (χ2n) is 4.99. The monoisotopic (exact) mass is 267 g/mol. The molecule has 1 aliphatic heterocycles. The van der Waals surface area contributed by atoms with Crippen molar-refractivity contribution in [3.8, 4) is 0 Å². The summed E-state index contributed by atoms with van der Waals surface area (Å²) in [6, 6.07) is 2.01. The summed E-state index contributed by atoms with van der Waals surface area (Å²) >= 11 is 1.70. The molecule has 1 fully saturated rings. The molecule has 0 spiro atoms. The molecule has 1 aliphatic rings. The Morgan fingerprint density at radius 3 is 2.94 bits per heavy atom. The van der Waals surface area contributed by atoms with E-state index in [1.54, 1.807) is 18.4 Å². The number of likely N-dealkylation sites (tertiary alicyclic amines) is 1. The maximum absolute atomic E-state index is 12.3. The predicted molar refractivity (Wildman–Crippen MR) is 74.6 cm³/mol. The summed E-state index contributed by atoms with van der Waals surface area (Å²) in [5.74, 6) is 0.244. The lowest BCUT2D eigenvalue weighted by Crippen LogP contribution is -2.41. The molecule has 1 saturated heterocycles. The maximum Gasteiger partial charge on any atom is 0.177 e. The molecule has 1 aromatic rings. The Labute approximate surface area is 113 Å². The summed E-state index contributed by atoms with van der Waals surface area (Å²) < 4.78 is 5.39. The van der Waals surface area contributed by atoms with E-state index in [4.69, 9.17) is 4.74 Å². The molecule has 0 N–H and O–H groups in total. The van der Waals surface area contributed by atoms with Gasteiger partial charge in [-0.15, -0.1) is 11.3 Å². The van der Waals surface area contributed by atoms with Crippen molar-refractivity contribution in [3.63, 3.8) is 0 Å². The molecular weight excluding hydrogens is 246 g/mol. The number of hydrogen-bond donors (Lipinski definition) is 0. The normalized spacial score (nSPS) is 21.2. The van der Waals surface area contributed by atoms with Crippen LogP contribution in [0.4, 0.5) is 0 Å². The number of Topliss-reactive ketones (excluding diaryl/α,β-unsaturated/α-hetero) is 1. The highest BCUT2D eigenvalue weighted by molar-refractivity contribution is 7.12. The fraction of sp³-hybridized carbons (Fsp3) is 0.643. The minimum Gasteiger partial charge on any atom is -0.380 e. The van der Waals surface area contributed by atoms with Gasteiger partial charge >= 0.3 is 0 Å². The average molecular weight is 267 g/mol. The highest BCUT2D eigenvalue weighted by Crippen LogP contribution is 2.22. The van der Waals surface area contributed by atoms with E-state index in [9.17, 15) is 4.79 Å². The van der Waals surface area contributed by atoms with Gasteiger partial charge in [0.2, 0.25) is 0 Å². The van der Waals surface area contributed by atoms with Gasteiger partial charge < -0.3 is 4.74 Å². The van der Waals surface area contributed by atoms with Crippen LogP contribution in [0.1, 0.15) is 33.0 Å². The smallest absolute Gasteiger partial charge is 0.177 e. The van der Waals surface area contributed by atoms with Crippen molar-refractivity contribution >= 4 is 17.1 Å². The Kier molecular flexibility index (Phi) is 4.54. The van der Waals surface area contributed by atoms with Crippen molar-refractivity contribution in [2.75, 3.05) is 26.7 Å². The molecule has 2 rings (SSSR count). The van der Waals surface area contributed by atoms with Gasteiger partial charge in [-0.2, -0.15) is 0 Å². The molecule has 0 bridgehead atoms. The van der Waals surface area contributed by atoms with Crippen LogP contribution in [0.5, 0.6) is 0 Å². The van der Waals surface area contributed by atoms with Gasteiger partial charge in [0.05, 0.1) is 12.6 Å². The van der Waals surface area contributed by atoms with Crippen LogP contribution >= 0.6 is 11.3 Å². The molecule has 1 aromatic heterocycles. The van der Waals surface area contributed by atoms with Crippen molar-refractivity contribution < 1.29 is 9.53 Å². The zero-order chi connectivity index (χ0) is 13.1. The van der Waals surface area contributed by atoms with Crippen LogP contribution in [-0.4, -0.2) is 43.5 Å². The van der Waals surface area contributed by atoms with Crippen molar-refractivity contribution in [1.29, 1.82) is 0 Å². The predicted octanol–water partition coefficient (Wildman–Crippen LogP) is 2.66. The van der Waals surface area contributed by atoms with Crippen LogP contribution in [0.3, 0.4) is 0 Å². The standard InChI is InChI=1S/C14H21NO2S/c1-10-7-13(11(2)18-10)14(16)9-15-6-4-5-12(8-15)17-3/h7,12H,4-6,8-9H2,1-3H3. The highest BCUT2D eigenvalue weighted by Gasteiger charge is 2.22. The summed E-state index contributed by atoms with van der Waals surface area (Å²) in [7, 11) is 1.75. The number of hydrogen-bond acceptors (Lipinski definition) is 4. The summed E-state index contributed by atoms with van der Waals surface area (Å²) in [5.41, 5.74) is 0.900. The summed E-state index contributed by atoms with van der Waals surface area (Å²) in [6.07, 6.45) is 2.52. The van der Waals surface area contributed by atoms with Crippen molar-refractivity contribution in [1.82, 2.24) is 4.90 Å². The number of rotatable bonds is 4. The lowest BCUT2D eigenvalue weighted by Gasteiger charge is -2.31. The van der Waals surface area contributed by atoms with Gasteiger partial charge in [-0.05, 0) is 39.3 Å². The fourth-order valence-corrected chi connectivity index (χ4v) is 3.49. The van der Waals surface area contributed by atoms with E-state index in [0.717, 1.165) is 36.4 Å². The van der Waals surface area contributed by atoms with Gasteiger partial charge in [0.15, 0.2) is 5.78 Å². The van der Waals surface area contributed by atoms with Crippen LogP contribution in [0.25, 0.3) is 0 Å². The second-order valence-corrected chi connectivity index (χ2v) is 6.45. The molecule has 1 atom stereocenters. The number of nitrogens with zero attached hydrogens (tertiary/aromatic N) is 1. The van der Waals surface area contributed by atoms with Gasteiger partial charge in [0, 0.05) is 29.0 Å². The fourth-order valence-electron chi connectivity index (χ4n) is 2.55. The van der Waals surface area contributed by atoms with E-state index in [-0.39, 0.29) is 11.9 Å². The van der Waals surface area contributed by atoms with Crippen LogP contribution in [0.2, 0.25) is 0 Å². The average Bonchev–Trinajstić information content (AvgIpc) is 2.69. The van der Waals surface area contributed by atoms with Crippen LogP contribution in [-0.2, 0) is 4.74 Å². The topological polar surface area (TPSA) is 29.5 Å². The molecule has 0 amide bonds. The summed E-state index contributed by atoms with van der Waals surface area (Å²) in [6.45, 7) is 6.49. The first-order chi connectivity index (χ1) is 8.60. The number of ether oxygens (including phenoxy) is 1. The first-order valence-corrected chi connectivity index (χ1v) is 7.27. The van der Waals surface area contributed by atoms with Crippen molar-refractivity contribution in [2.24, 2.45) is 0 Å². The van der Waals surface area contributed by atoms with Crippen LogP contribution in [0.15, 0.2) is 6.07 Å². The number of carbonyl (C=O) groups is 1. The molecule has 0 aromatic carbocycles. The van der Waals surface area contributed by atoms with Crippen LogP contribution < -0.4 is 0 Å². The molecule has 18 heavy (non-hydrogen) atoms. The van der Waals surface area contributed by atoms with E-state index in [0.29, 0.717) is 6.54 Å². The third-order valence-corrected chi connectivity index (χ3v) is 4.47. The van der Waals surface area contributed by atoms with Gasteiger partial charge in [-0.25, -0.2) is 0 Å². The summed E-state index contributed by atoms with van der Waals surface area (Å²) in [4.78, 5) is 16.8. The molecule has 0 radical (unpaired) electrons. The molecule has 3 nitrogen and oxygen atoms in total. The minimum atomic E-state index is 0.244. The zero-order valence-corrected chi connectivity index (χ0v) is 12.2. The third-order valence-electron chi connectivity index (χ3n) is 3.50. The number of aryl methyl sites for hydroxylation is 2. The minimum absolute atomic E-state index is 0.244. The highest BCUT2D eigenvalue weighted by atomic mass is 32.1. The first-order valence-electron chi connectivity index (χ1n) is 6.45. The van der Waals surface area contributed by atoms with Crippen molar-refractivity contribution in [3.05, 3.63) is 21.4 Å². The van der Waals surface area contributed by atoms with Crippen molar-refractivity contribution in [2.45, 2.75) is 32.8 Å². The Morgan fingerprint density at radius 2 is 2.33 bits per heavy atom. The number of ketones is 1. The van der Waals surface area contributed by atoms with E-state index in [1.165, 1.54) is 4.88 Å². The first kappa shape index (κ1) is 13.7. The largest absolute Gasteiger partial charge is 0.380 e. The van der Waals surface area contributed by atoms with E-state index >= 15 is 0 Å². The SMILES string of the molecule is COC1CCCN(CC(=O)c2cc(C)sc2C)C1. The number of methoxy groups -OCH3 is 1. The van der Waals surface area contributed by atoms with E-state index in [2.05, 4.69) is 11.8 Å².